The van der Waals surface area contributed by atoms with Crippen molar-refractivity contribution in [3.63, 3.8) is 0 Å². The van der Waals surface area contributed by atoms with Crippen LogP contribution in [0, 0.1) is 26.4 Å². The summed E-state index contributed by atoms with van der Waals surface area (Å²) in [4.78, 5) is 54.9. The number of oxime groups is 1. The van der Waals surface area contributed by atoms with Crippen molar-refractivity contribution in [3.05, 3.63) is 80.7 Å². The third-order valence-electron chi connectivity index (χ3n) is 8.62. The molecule has 37 heavy (non-hydrogen) atoms. The first-order valence-electron chi connectivity index (χ1n) is 11.9. The monoisotopic (exact) mass is 503 g/mol. The summed E-state index contributed by atoms with van der Waals surface area (Å²) in [5, 5.41) is 18.9. The van der Waals surface area contributed by atoms with Gasteiger partial charge in [0, 0.05) is 23.3 Å². The molecule has 5 rings (SSSR count). The number of rotatable bonds is 5. The van der Waals surface area contributed by atoms with Crippen LogP contribution in [0.15, 0.2) is 69.0 Å². The van der Waals surface area contributed by atoms with Gasteiger partial charge in [-0.2, -0.15) is 0 Å². The third kappa shape index (κ3) is 3.54. The highest BCUT2D eigenvalue weighted by Gasteiger charge is 2.71. The van der Waals surface area contributed by atoms with Gasteiger partial charge >= 0.3 is 11.6 Å². The number of amides is 1. The molecular formula is C27H25N3O7. The predicted octanol–water partition coefficient (Wildman–Crippen LogP) is 5.07. The zero-order valence-electron chi connectivity index (χ0n) is 20.6. The second-order valence-electron chi connectivity index (χ2n) is 10.3. The molecule has 190 valence electrons. The van der Waals surface area contributed by atoms with Gasteiger partial charge in [-0.3, -0.25) is 14.9 Å². The lowest BCUT2D eigenvalue weighted by molar-refractivity contribution is -0.383. The van der Waals surface area contributed by atoms with Crippen LogP contribution in [0.1, 0.15) is 50.4 Å². The van der Waals surface area contributed by atoms with Gasteiger partial charge in [0.2, 0.25) is 5.91 Å². The third-order valence-corrected chi connectivity index (χ3v) is 8.62. The number of benzene rings is 2. The second-order valence-corrected chi connectivity index (χ2v) is 10.3. The normalized spacial score (nSPS) is 24.8. The fraction of sp³-hybridized carbons (Fsp3) is 0.333. The molecule has 2 aliphatic carbocycles. The highest BCUT2D eigenvalue weighted by molar-refractivity contribution is 6.07. The molecule has 0 aliphatic heterocycles. The van der Waals surface area contributed by atoms with Crippen LogP contribution >= 0.6 is 0 Å². The zero-order chi connectivity index (χ0) is 26.6. The molecule has 1 amide bonds. The van der Waals surface area contributed by atoms with Crippen LogP contribution < -0.4 is 10.9 Å². The van der Waals surface area contributed by atoms with Crippen molar-refractivity contribution in [1.29, 1.82) is 0 Å². The van der Waals surface area contributed by atoms with Crippen LogP contribution in [-0.4, -0.2) is 22.5 Å². The van der Waals surface area contributed by atoms with Crippen LogP contribution in [0.4, 0.5) is 11.4 Å². The van der Waals surface area contributed by atoms with Gasteiger partial charge in [0.25, 0.3) is 5.69 Å². The van der Waals surface area contributed by atoms with Crippen LogP contribution in [-0.2, 0) is 9.63 Å². The summed E-state index contributed by atoms with van der Waals surface area (Å²) < 4.78 is 5.21. The Balaban J connectivity index is 1.43. The van der Waals surface area contributed by atoms with Crippen molar-refractivity contribution in [1.82, 2.24) is 0 Å². The highest BCUT2D eigenvalue weighted by Crippen LogP contribution is 2.71. The SMILES string of the molecule is CC12CCC(C(=O)Nc3ccccc3[N+](=O)[O-])(C/C1=N\OC(=O)c1cc3ccccc3oc1=O)C2(C)C. The molecule has 1 aromatic heterocycles. The fourth-order valence-corrected chi connectivity index (χ4v) is 5.85. The minimum Gasteiger partial charge on any atom is -0.422 e. The molecule has 2 fully saturated rings. The van der Waals surface area contributed by atoms with Gasteiger partial charge in [-0.15, -0.1) is 0 Å². The van der Waals surface area contributed by atoms with E-state index in [-0.39, 0.29) is 29.3 Å². The molecule has 0 spiro atoms. The standard InChI is InChI=1S/C27H25N3O7/c1-25(2)26(3)12-13-27(25,24(33)28-18-9-5-6-10-19(18)30(34)35)15-21(26)29-37-23(32)17-14-16-8-4-7-11-20(16)36-22(17)31/h4-11,14H,12-13,15H2,1-3H3,(H,28,33)/b29-21+. The van der Waals surface area contributed by atoms with Crippen LogP contribution in [0.2, 0.25) is 0 Å². The lowest BCUT2D eigenvalue weighted by Gasteiger charge is -2.39. The Kier molecular flexibility index (Phi) is 5.50. The zero-order valence-corrected chi connectivity index (χ0v) is 20.6. The van der Waals surface area contributed by atoms with Crippen molar-refractivity contribution in [2.45, 2.75) is 40.0 Å². The average Bonchev–Trinajstić information content (AvgIpc) is 3.18. The number of nitrogens with one attached hydrogen (secondary N) is 1. The minimum absolute atomic E-state index is 0.121. The Hall–Kier alpha value is -4.34. The van der Waals surface area contributed by atoms with E-state index in [1.807, 2.05) is 20.8 Å². The minimum atomic E-state index is -0.949. The maximum atomic E-state index is 13.7. The Morgan fingerprint density at radius 3 is 2.54 bits per heavy atom. The number of anilines is 1. The van der Waals surface area contributed by atoms with E-state index < -0.39 is 32.8 Å². The second kappa shape index (κ2) is 8.36. The van der Waals surface area contributed by atoms with Gasteiger partial charge in [0.15, 0.2) is 0 Å². The van der Waals surface area contributed by atoms with Crippen molar-refractivity contribution >= 4 is 39.9 Å². The molecule has 0 saturated heterocycles. The van der Waals surface area contributed by atoms with E-state index in [0.717, 1.165) is 0 Å². The summed E-state index contributed by atoms with van der Waals surface area (Å²) in [6.45, 7) is 5.89. The summed E-state index contributed by atoms with van der Waals surface area (Å²) in [5.41, 5.74) is -2.38. The highest BCUT2D eigenvalue weighted by atomic mass is 16.7. The smallest absolute Gasteiger partial charge is 0.373 e. The van der Waals surface area contributed by atoms with E-state index in [0.29, 0.717) is 29.5 Å². The molecule has 2 aromatic carbocycles. The number of para-hydroxylation sites is 3. The summed E-state index contributed by atoms with van der Waals surface area (Å²) in [7, 11) is 0. The maximum absolute atomic E-state index is 13.7. The summed E-state index contributed by atoms with van der Waals surface area (Å²) in [6.07, 6.45) is 1.37. The molecular weight excluding hydrogens is 478 g/mol. The number of hydrogen-bond acceptors (Lipinski definition) is 8. The predicted molar refractivity (Wildman–Crippen MR) is 135 cm³/mol. The van der Waals surface area contributed by atoms with Crippen molar-refractivity contribution in [3.8, 4) is 0 Å². The molecule has 2 bridgehead atoms. The number of nitro groups is 1. The maximum Gasteiger partial charge on any atom is 0.373 e. The van der Waals surface area contributed by atoms with E-state index in [2.05, 4.69) is 10.5 Å². The van der Waals surface area contributed by atoms with E-state index in [9.17, 15) is 24.5 Å². The number of nitrogens with zero attached hydrogens (tertiary/aromatic N) is 2. The Morgan fingerprint density at radius 1 is 1.08 bits per heavy atom. The number of carbonyl (C=O) groups excluding carboxylic acids is 2. The summed E-state index contributed by atoms with van der Waals surface area (Å²) in [6, 6.07) is 14.2. The Bertz CT molecular complexity index is 1560. The molecule has 2 aliphatic rings. The van der Waals surface area contributed by atoms with Gasteiger partial charge in [0.1, 0.15) is 16.8 Å². The molecule has 1 heterocycles. The van der Waals surface area contributed by atoms with E-state index in [1.165, 1.54) is 24.3 Å². The van der Waals surface area contributed by atoms with Gasteiger partial charge < -0.3 is 14.6 Å². The van der Waals surface area contributed by atoms with Gasteiger partial charge in [0.05, 0.1) is 16.0 Å². The van der Waals surface area contributed by atoms with Crippen molar-refractivity contribution < 1.29 is 23.8 Å². The van der Waals surface area contributed by atoms with E-state index in [1.54, 1.807) is 30.3 Å². The van der Waals surface area contributed by atoms with Crippen molar-refractivity contribution in [2.24, 2.45) is 21.4 Å². The van der Waals surface area contributed by atoms with E-state index >= 15 is 0 Å². The molecule has 10 heteroatoms. The molecule has 0 radical (unpaired) electrons. The largest absolute Gasteiger partial charge is 0.422 e. The van der Waals surface area contributed by atoms with Crippen LogP contribution in [0.25, 0.3) is 11.0 Å². The lowest BCUT2D eigenvalue weighted by Crippen LogP contribution is -2.43. The lowest BCUT2D eigenvalue weighted by atomic mass is 9.64. The number of nitro benzene ring substituents is 1. The topological polar surface area (TPSA) is 141 Å². The molecule has 1 N–H and O–H groups in total. The van der Waals surface area contributed by atoms with E-state index in [4.69, 9.17) is 9.25 Å². The number of fused-ring (bicyclic) bond motifs is 3. The Morgan fingerprint density at radius 2 is 1.78 bits per heavy atom. The number of hydrogen-bond donors (Lipinski definition) is 1. The summed E-state index contributed by atoms with van der Waals surface area (Å²) >= 11 is 0. The molecule has 2 unspecified atom stereocenters. The van der Waals surface area contributed by atoms with Crippen LogP contribution in [0.5, 0.6) is 0 Å². The molecule has 10 nitrogen and oxygen atoms in total. The first-order chi connectivity index (χ1) is 17.5. The van der Waals surface area contributed by atoms with Gasteiger partial charge in [-0.1, -0.05) is 56.3 Å². The van der Waals surface area contributed by atoms with Crippen molar-refractivity contribution in [2.75, 3.05) is 5.32 Å². The Labute approximate surface area is 211 Å². The molecule has 2 atom stereocenters. The fourth-order valence-electron chi connectivity index (χ4n) is 5.85. The quantitative estimate of drug-likeness (QED) is 0.222. The average molecular weight is 504 g/mol. The summed E-state index contributed by atoms with van der Waals surface area (Å²) in [5.74, 6) is -1.29. The van der Waals surface area contributed by atoms with Crippen LogP contribution in [0.3, 0.4) is 0 Å². The molecule has 2 saturated carbocycles. The van der Waals surface area contributed by atoms with Gasteiger partial charge in [-0.05, 0) is 36.5 Å². The first-order valence-corrected chi connectivity index (χ1v) is 11.9. The first kappa shape index (κ1) is 24.4. The molecule has 3 aromatic rings. The van der Waals surface area contributed by atoms with Gasteiger partial charge in [-0.25, -0.2) is 9.59 Å². The number of carbonyl (C=O) groups is 2.